The van der Waals surface area contributed by atoms with Gasteiger partial charge in [-0.15, -0.1) is 0 Å². The van der Waals surface area contributed by atoms with E-state index in [-0.39, 0.29) is 12.1 Å². The molecule has 15 heavy (non-hydrogen) atoms. The Bertz CT molecular complexity index is 356. The van der Waals surface area contributed by atoms with E-state index in [4.69, 9.17) is 9.47 Å². The van der Waals surface area contributed by atoms with Gasteiger partial charge in [0.2, 0.25) is 0 Å². The Morgan fingerprint density at radius 2 is 2.07 bits per heavy atom. The van der Waals surface area contributed by atoms with Gasteiger partial charge in [0.1, 0.15) is 6.10 Å². The quantitative estimate of drug-likeness (QED) is 0.561. The lowest BCUT2D eigenvalue weighted by Crippen LogP contribution is -2.11. The Labute approximate surface area is 89.0 Å². The van der Waals surface area contributed by atoms with Crippen molar-refractivity contribution in [1.82, 2.24) is 0 Å². The third-order valence-electron chi connectivity index (χ3n) is 2.42. The molecule has 0 N–H and O–H groups in total. The number of epoxide rings is 1. The van der Waals surface area contributed by atoms with Crippen LogP contribution in [-0.4, -0.2) is 18.7 Å². The fraction of sp³-hybridized carbons (Fsp3) is 0.417. The molecule has 0 saturated carbocycles. The molecule has 2 rings (SSSR count). The van der Waals surface area contributed by atoms with E-state index in [1.54, 1.807) is 6.92 Å². The Balaban J connectivity index is 1.98. The maximum Gasteiger partial charge on any atom is 0.338 e. The van der Waals surface area contributed by atoms with Crippen LogP contribution in [0.5, 0.6) is 0 Å². The topological polar surface area (TPSA) is 38.8 Å². The van der Waals surface area contributed by atoms with Crippen LogP contribution < -0.4 is 0 Å². The van der Waals surface area contributed by atoms with Crippen LogP contribution in [-0.2, 0) is 14.3 Å². The van der Waals surface area contributed by atoms with Gasteiger partial charge in [-0.05, 0) is 19.4 Å². The summed E-state index contributed by atoms with van der Waals surface area (Å²) in [4.78, 5) is 11.3. The smallest absolute Gasteiger partial charge is 0.338 e. The van der Waals surface area contributed by atoms with E-state index < -0.39 is 6.10 Å². The average Bonchev–Trinajstić information content (AvgIpc) is 2.99. The molecule has 1 heterocycles. The minimum Gasteiger partial charge on any atom is -0.464 e. The van der Waals surface area contributed by atoms with Crippen LogP contribution in [0.2, 0.25) is 0 Å². The van der Waals surface area contributed by atoms with E-state index in [1.807, 2.05) is 31.2 Å². The molecule has 1 aromatic rings. The molecule has 1 aliphatic heterocycles. The number of ether oxygens (including phenoxy) is 2. The van der Waals surface area contributed by atoms with Crippen LogP contribution >= 0.6 is 0 Å². The van der Waals surface area contributed by atoms with Gasteiger partial charge in [0.15, 0.2) is 6.10 Å². The monoisotopic (exact) mass is 206 g/mol. The largest absolute Gasteiger partial charge is 0.464 e. The average molecular weight is 206 g/mol. The first-order chi connectivity index (χ1) is 7.22. The number of rotatable bonds is 3. The van der Waals surface area contributed by atoms with Gasteiger partial charge < -0.3 is 9.47 Å². The fourth-order valence-electron chi connectivity index (χ4n) is 1.53. The molecule has 0 amide bonds. The van der Waals surface area contributed by atoms with E-state index in [0.717, 1.165) is 5.56 Å². The summed E-state index contributed by atoms with van der Waals surface area (Å²) in [6.45, 7) is 4.22. The predicted octanol–water partition coefficient (Wildman–Crippen LogP) is 2.00. The molecule has 0 bridgehead atoms. The molecule has 1 aliphatic rings. The summed E-state index contributed by atoms with van der Waals surface area (Å²) in [6, 6.07) is 8.00. The highest BCUT2D eigenvalue weighted by Gasteiger charge is 2.47. The zero-order chi connectivity index (χ0) is 10.8. The van der Waals surface area contributed by atoms with Crippen molar-refractivity contribution in [2.45, 2.75) is 26.1 Å². The minimum absolute atomic E-state index is 0.107. The summed E-state index contributed by atoms with van der Waals surface area (Å²) in [5.74, 6) is -0.261. The number of aryl methyl sites for hydroxylation is 1. The number of hydrogen-bond donors (Lipinski definition) is 0. The fourth-order valence-corrected chi connectivity index (χ4v) is 1.53. The Morgan fingerprint density at radius 1 is 1.40 bits per heavy atom. The predicted molar refractivity (Wildman–Crippen MR) is 55.4 cm³/mol. The van der Waals surface area contributed by atoms with Crippen LogP contribution in [0.3, 0.4) is 0 Å². The van der Waals surface area contributed by atoms with Crippen LogP contribution in [0.15, 0.2) is 24.3 Å². The van der Waals surface area contributed by atoms with Gasteiger partial charge in [0.05, 0.1) is 6.61 Å². The maximum atomic E-state index is 11.3. The highest BCUT2D eigenvalue weighted by Crippen LogP contribution is 2.39. The van der Waals surface area contributed by atoms with E-state index in [0.29, 0.717) is 6.61 Å². The molecule has 2 atom stereocenters. The molecule has 3 nitrogen and oxygen atoms in total. The zero-order valence-corrected chi connectivity index (χ0v) is 8.90. The lowest BCUT2D eigenvalue weighted by Gasteiger charge is -1.98. The van der Waals surface area contributed by atoms with E-state index in [9.17, 15) is 4.79 Å². The highest BCUT2D eigenvalue weighted by molar-refractivity contribution is 5.78. The van der Waals surface area contributed by atoms with Crippen molar-refractivity contribution in [2.24, 2.45) is 0 Å². The molecule has 0 spiro atoms. The summed E-state index contributed by atoms with van der Waals surface area (Å²) in [5, 5.41) is 0. The van der Waals surface area contributed by atoms with Gasteiger partial charge in [-0.1, -0.05) is 29.8 Å². The molecule has 3 heteroatoms. The lowest BCUT2D eigenvalue weighted by atomic mass is 10.1. The third kappa shape index (κ3) is 2.18. The molecule has 0 aromatic heterocycles. The van der Waals surface area contributed by atoms with Crippen molar-refractivity contribution in [3.8, 4) is 0 Å². The van der Waals surface area contributed by atoms with Crippen molar-refractivity contribution in [3.63, 3.8) is 0 Å². The third-order valence-corrected chi connectivity index (χ3v) is 2.42. The first-order valence-electron chi connectivity index (χ1n) is 5.11. The first-order valence-corrected chi connectivity index (χ1v) is 5.11. The van der Waals surface area contributed by atoms with Crippen molar-refractivity contribution in [1.29, 1.82) is 0 Å². The molecular formula is C12H14O3. The molecule has 80 valence electrons. The number of esters is 1. The number of carbonyl (C=O) groups is 1. The Hall–Kier alpha value is -1.35. The molecule has 1 saturated heterocycles. The molecule has 0 unspecified atom stereocenters. The van der Waals surface area contributed by atoms with Gasteiger partial charge in [-0.25, -0.2) is 4.79 Å². The van der Waals surface area contributed by atoms with Crippen molar-refractivity contribution >= 4 is 5.97 Å². The second-order valence-corrected chi connectivity index (χ2v) is 3.64. The summed E-state index contributed by atoms with van der Waals surface area (Å²) in [6.07, 6.45) is -0.502. The van der Waals surface area contributed by atoms with Gasteiger partial charge in [-0.3, -0.25) is 0 Å². The normalized spacial score (nSPS) is 23.6. The van der Waals surface area contributed by atoms with Crippen molar-refractivity contribution in [3.05, 3.63) is 35.4 Å². The van der Waals surface area contributed by atoms with Gasteiger partial charge in [0, 0.05) is 0 Å². The van der Waals surface area contributed by atoms with Crippen molar-refractivity contribution in [2.75, 3.05) is 6.61 Å². The Morgan fingerprint density at radius 3 is 2.67 bits per heavy atom. The summed E-state index contributed by atoms with van der Waals surface area (Å²) >= 11 is 0. The summed E-state index contributed by atoms with van der Waals surface area (Å²) < 4.78 is 10.2. The molecule has 0 aliphatic carbocycles. The number of hydrogen-bond acceptors (Lipinski definition) is 3. The summed E-state index contributed by atoms with van der Waals surface area (Å²) in [7, 11) is 0. The number of benzene rings is 1. The molecule has 1 fully saturated rings. The van der Waals surface area contributed by atoms with Crippen molar-refractivity contribution < 1.29 is 14.3 Å². The first kappa shape index (κ1) is 10.2. The van der Waals surface area contributed by atoms with Gasteiger partial charge in [-0.2, -0.15) is 0 Å². The molecular weight excluding hydrogens is 192 g/mol. The maximum absolute atomic E-state index is 11.3. The van der Waals surface area contributed by atoms with Crippen LogP contribution in [0.25, 0.3) is 0 Å². The zero-order valence-electron chi connectivity index (χ0n) is 8.90. The minimum atomic E-state index is -0.396. The molecule has 1 aromatic carbocycles. The summed E-state index contributed by atoms with van der Waals surface area (Å²) in [5.41, 5.74) is 2.24. The Kier molecular flexibility index (Phi) is 2.73. The second-order valence-electron chi connectivity index (χ2n) is 3.64. The standard InChI is InChI=1S/C12H14O3/c1-3-14-12(13)11-10(15-11)9-6-4-8(2)5-7-9/h4-7,10-11H,3H2,1-2H3/t10-,11-/m0/s1. The lowest BCUT2D eigenvalue weighted by molar-refractivity contribution is -0.144. The van der Waals surface area contributed by atoms with Crippen LogP contribution in [0.4, 0.5) is 0 Å². The van der Waals surface area contributed by atoms with Gasteiger partial charge >= 0.3 is 5.97 Å². The second kappa shape index (κ2) is 4.03. The van der Waals surface area contributed by atoms with E-state index >= 15 is 0 Å². The van der Waals surface area contributed by atoms with Crippen LogP contribution in [0.1, 0.15) is 24.2 Å². The van der Waals surface area contributed by atoms with Gasteiger partial charge in [0.25, 0.3) is 0 Å². The number of carbonyl (C=O) groups excluding carboxylic acids is 1. The SMILES string of the molecule is CCOC(=O)[C@H]1O[C@H]1c1ccc(C)cc1. The van der Waals surface area contributed by atoms with E-state index in [2.05, 4.69) is 0 Å². The van der Waals surface area contributed by atoms with E-state index in [1.165, 1.54) is 5.56 Å². The van der Waals surface area contributed by atoms with Crippen LogP contribution in [0, 0.1) is 6.92 Å². The molecule has 0 radical (unpaired) electrons. The highest BCUT2D eigenvalue weighted by atomic mass is 16.6.